The smallest absolute Gasteiger partial charge is 0.406 e. The number of imide groups is 2. The molecular weight excluding hydrogens is 552 g/mol. The zero-order valence-corrected chi connectivity index (χ0v) is 21.4. The SMILES string of the molecule is O=C1CCC(N2C(=O)c3cc(F)c(N4CCC(CNC(=O)c5cccc(OC(F)(F)F)c5)CC4)cc3C2=O)C(=O)N1. The van der Waals surface area contributed by atoms with Crippen molar-refractivity contribution in [3.05, 3.63) is 58.9 Å². The first-order valence-corrected chi connectivity index (χ1v) is 12.9. The number of benzene rings is 2. The normalized spacial score (nSPS) is 19.8. The Morgan fingerprint density at radius 3 is 2.34 bits per heavy atom. The highest BCUT2D eigenvalue weighted by atomic mass is 19.4. The third kappa shape index (κ3) is 5.86. The number of alkyl halides is 3. The maximum Gasteiger partial charge on any atom is 0.573 e. The largest absolute Gasteiger partial charge is 0.573 e. The van der Waals surface area contributed by atoms with Gasteiger partial charge in [-0.15, -0.1) is 13.2 Å². The molecule has 0 bridgehead atoms. The molecule has 10 nitrogen and oxygen atoms in total. The van der Waals surface area contributed by atoms with Crippen molar-refractivity contribution >= 4 is 35.2 Å². The third-order valence-corrected chi connectivity index (χ3v) is 7.34. The van der Waals surface area contributed by atoms with Gasteiger partial charge in [0.2, 0.25) is 11.8 Å². The van der Waals surface area contributed by atoms with Gasteiger partial charge in [-0.3, -0.25) is 34.2 Å². The van der Waals surface area contributed by atoms with Gasteiger partial charge in [-0.1, -0.05) is 6.07 Å². The highest BCUT2D eigenvalue weighted by Crippen LogP contribution is 2.34. The average Bonchev–Trinajstić information content (AvgIpc) is 3.15. The standard InChI is InChI=1S/C27H24F4N4O6/c28-19-11-17-18(26(40)35(25(17)39)20-4-5-22(36)33-24(20)38)12-21(19)34-8-6-14(7-9-34)13-32-23(37)15-2-1-3-16(10-15)41-27(29,30)31/h1-3,10-12,14,20H,4-9,13H2,(H,32,37)(H,33,36,38). The maximum absolute atomic E-state index is 15.1. The van der Waals surface area contributed by atoms with Gasteiger partial charge in [0.05, 0.1) is 16.8 Å². The minimum absolute atomic E-state index is 0.00789. The molecule has 3 aliphatic heterocycles. The van der Waals surface area contributed by atoms with Gasteiger partial charge in [-0.2, -0.15) is 0 Å². The van der Waals surface area contributed by atoms with Crippen LogP contribution in [-0.2, 0) is 9.59 Å². The number of ether oxygens (including phenoxy) is 1. The molecule has 0 aliphatic carbocycles. The molecule has 2 N–H and O–H groups in total. The van der Waals surface area contributed by atoms with Crippen LogP contribution in [0, 0.1) is 11.7 Å². The summed E-state index contributed by atoms with van der Waals surface area (Å²) < 4.78 is 56.3. The number of nitrogens with one attached hydrogen (secondary N) is 2. The number of piperidine rings is 2. The summed E-state index contributed by atoms with van der Waals surface area (Å²) in [6, 6.07) is 5.86. The number of carbonyl (C=O) groups is 5. The number of fused-ring (bicyclic) bond motifs is 1. The lowest BCUT2D eigenvalue weighted by Gasteiger charge is -2.34. The van der Waals surface area contributed by atoms with Crippen molar-refractivity contribution in [3.63, 3.8) is 0 Å². The minimum Gasteiger partial charge on any atom is -0.406 e. The maximum atomic E-state index is 15.1. The topological polar surface area (TPSA) is 125 Å². The van der Waals surface area contributed by atoms with Gasteiger partial charge in [0, 0.05) is 31.6 Å². The second kappa shape index (κ2) is 10.8. The van der Waals surface area contributed by atoms with E-state index in [9.17, 15) is 37.1 Å². The summed E-state index contributed by atoms with van der Waals surface area (Å²) in [5, 5.41) is 4.81. The van der Waals surface area contributed by atoms with Crippen LogP contribution in [0.5, 0.6) is 5.75 Å². The van der Waals surface area contributed by atoms with Gasteiger partial charge in [0.15, 0.2) is 0 Å². The molecule has 5 rings (SSSR count). The van der Waals surface area contributed by atoms with Crippen molar-refractivity contribution in [1.29, 1.82) is 0 Å². The van der Waals surface area contributed by atoms with Crippen LogP contribution in [0.4, 0.5) is 23.2 Å². The second-order valence-corrected chi connectivity index (χ2v) is 10.0. The fraction of sp³-hybridized carbons (Fsp3) is 0.370. The fourth-order valence-electron chi connectivity index (χ4n) is 5.27. The number of rotatable bonds is 6. The molecule has 41 heavy (non-hydrogen) atoms. The highest BCUT2D eigenvalue weighted by Gasteiger charge is 2.45. The van der Waals surface area contributed by atoms with Crippen molar-refractivity contribution in [2.45, 2.75) is 38.1 Å². The molecule has 3 aliphatic rings. The van der Waals surface area contributed by atoms with Crippen molar-refractivity contribution in [1.82, 2.24) is 15.5 Å². The molecular formula is C27H24F4N4O6. The molecule has 5 amide bonds. The lowest BCUT2D eigenvalue weighted by molar-refractivity contribution is -0.274. The Balaban J connectivity index is 1.19. The van der Waals surface area contributed by atoms with Crippen LogP contribution < -0.4 is 20.3 Å². The highest BCUT2D eigenvalue weighted by molar-refractivity contribution is 6.23. The first kappa shape index (κ1) is 28.1. The van der Waals surface area contributed by atoms with Crippen molar-refractivity contribution in [2.24, 2.45) is 5.92 Å². The Kier molecular flexibility index (Phi) is 7.41. The van der Waals surface area contributed by atoms with Crippen LogP contribution in [0.1, 0.15) is 56.8 Å². The van der Waals surface area contributed by atoms with E-state index in [4.69, 9.17) is 0 Å². The van der Waals surface area contributed by atoms with Gasteiger partial charge < -0.3 is 15.0 Å². The Labute approximate surface area is 230 Å². The lowest BCUT2D eigenvalue weighted by Crippen LogP contribution is -2.54. The number of amides is 5. The summed E-state index contributed by atoms with van der Waals surface area (Å²) >= 11 is 0. The first-order valence-electron chi connectivity index (χ1n) is 12.9. The van der Waals surface area contributed by atoms with E-state index in [0.717, 1.165) is 23.1 Å². The molecule has 14 heteroatoms. The van der Waals surface area contributed by atoms with Crippen LogP contribution in [0.3, 0.4) is 0 Å². The molecule has 0 saturated carbocycles. The van der Waals surface area contributed by atoms with Crippen molar-refractivity contribution in [2.75, 3.05) is 24.5 Å². The van der Waals surface area contributed by atoms with Crippen molar-refractivity contribution in [3.8, 4) is 5.75 Å². The molecule has 2 aromatic carbocycles. The predicted molar refractivity (Wildman–Crippen MR) is 133 cm³/mol. The lowest BCUT2D eigenvalue weighted by atomic mass is 9.95. The number of anilines is 1. The van der Waals surface area contributed by atoms with E-state index in [1.165, 1.54) is 18.2 Å². The second-order valence-electron chi connectivity index (χ2n) is 10.0. The number of carbonyl (C=O) groups excluding carboxylic acids is 5. The van der Waals surface area contributed by atoms with Gasteiger partial charge in [0.1, 0.15) is 17.6 Å². The first-order chi connectivity index (χ1) is 19.4. The zero-order valence-electron chi connectivity index (χ0n) is 21.4. The molecule has 216 valence electrons. The van der Waals surface area contributed by atoms with Crippen LogP contribution in [-0.4, -0.2) is 66.5 Å². The molecule has 0 aromatic heterocycles. The van der Waals surface area contributed by atoms with Crippen LogP contribution in [0.2, 0.25) is 0 Å². The van der Waals surface area contributed by atoms with E-state index in [1.807, 2.05) is 0 Å². The van der Waals surface area contributed by atoms with Gasteiger partial charge >= 0.3 is 6.36 Å². The average molecular weight is 577 g/mol. The molecule has 1 unspecified atom stereocenters. The zero-order chi connectivity index (χ0) is 29.5. The van der Waals surface area contributed by atoms with Crippen molar-refractivity contribution < 1.29 is 46.3 Å². The molecule has 1 atom stereocenters. The van der Waals surface area contributed by atoms with E-state index in [-0.39, 0.29) is 47.7 Å². The fourth-order valence-corrected chi connectivity index (χ4v) is 5.27. The molecule has 2 saturated heterocycles. The molecule has 2 aromatic rings. The Bertz CT molecular complexity index is 1440. The number of hydrogen-bond donors (Lipinski definition) is 2. The minimum atomic E-state index is -4.88. The van der Waals surface area contributed by atoms with Crippen LogP contribution >= 0.6 is 0 Å². The molecule has 2 fully saturated rings. The summed E-state index contributed by atoms with van der Waals surface area (Å²) in [4.78, 5) is 64.7. The van der Waals surface area contributed by atoms with E-state index >= 15 is 4.39 Å². The predicted octanol–water partition coefficient (Wildman–Crippen LogP) is 2.77. The number of nitrogens with zero attached hydrogens (tertiary/aromatic N) is 2. The van der Waals surface area contributed by atoms with Crippen LogP contribution in [0.25, 0.3) is 0 Å². The monoisotopic (exact) mass is 576 g/mol. The summed E-state index contributed by atoms with van der Waals surface area (Å²) in [5.74, 6) is -4.55. The van der Waals surface area contributed by atoms with Gasteiger partial charge in [-0.25, -0.2) is 4.39 Å². The van der Waals surface area contributed by atoms with E-state index < -0.39 is 53.5 Å². The van der Waals surface area contributed by atoms with E-state index in [2.05, 4.69) is 15.4 Å². The van der Waals surface area contributed by atoms with Gasteiger partial charge in [-0.05, 0) is 55.5 Å². The summed E-state index contributed by atoms with van der Waals surface area (Å²) in [6.07, 6.45) is -3.83. The third-order valence-electron chi connectivity index (χ3n) is 7.34. The summed E-state index contributed by atoms with van der Waals surface area (Å²) in [7, 11) is 0. The summed E-state index contributed by atoms with van der Waals surface area (Å²) in [6.45, 7) is 1.01. The molecule has 0 radical (unpaired) electrons. The van der Waals surface area contributed by atoms with Gasteiger partial charge in [0.25, 0.3) is 17.7 Å². The Morgan fingerprint density at radius 2 is 1.68 bits per heavy atom. The van der Waals surface area contributed by atoms with Crippen LogP contribution in [0.15, 0.2) is 36.4 Å². The molecule has 0 spiro atoms. The van der Waals surface area contributed by atoms with E-state index in [0.29, 0.717) is 25.9 Å². The molecule has 3 heterocycles. The number of hydrogen-bond acceptors (Lipinski definition) is 7. The number of halogens is 4. The quantitative estimate of drug-likeness (QED) is 0.400. The van der Waals surface area contributed by atoms with E-state index in [1.54, 1.807) is 4.90 Å². The Hall–Kier alpha value is -4.49. The summed E-state index contributed by atoms with van der Waals surface area (Å²) in [5.41, 5.74) is -0.0422. The Morgan fingerprint density at radius 1 is 1.00 bits per heavy atom.